The van der Waals surface area contributed by atoms with Gasteiger partial charge in [0.05, 0.1) is 0 Å². The molecule has 1 saturated heterocycles. The van der Waals surface area contributed by atoms with Crippen molar-refractivity contribution in [2.24, 2.45) is 0 Å². The molecule has 0 bridgehead atoms. The summed E-state index contributed by atoms with van der Waals surface area (Å²) >= 11 is 0. The van der Waals surface area contributed by atoms with Crippen molar-refractivity contribution in [1.82, 2.24) is 10.3 Å². The van der Waals surface area contributed by atoms with Gasteiger partial charge in [-0.15, -0.1) is 0 Å². The van der Waals surface area contributed by atoms with Gasteiger partial charge in [-0.05, 0) is 56.7 Å². The minimum absolute atomic E-state index is 0.719. The summed E-state index contributed by atoms with van der Waals surface area (Å²) in [7, 11) is 0. The molecule has 17 heavy (non-hydrogen) atoms. The van der Waals surface area contributed by atoms with Gasteiger partial charge in [0.1, 0.15) is 5.82 Å². The summed E-state index contributed by atoms with van der Waals surface area (Å²) in [5, 5.41) is 6.97. The summed E-state index contributed by atoms with van der Waals surface area (Å²) in [5.41, 5.74) is 2.77. The van der Waals surface area contributed by atoms with E-state index in [1.807, 2.05) is 0 Å². The first-order chi connectivity index (χ1) is 8.42. The number of aryl methyl sites for hydroxylation is 2. The van der Waals surface area contributed by atoms with Gasteiger partial charge in [0.25, 0.3) is 0 Å². The molecule has 0 spiro atoms. The first-order valence-electron chi connectivity index (χ1n) is 6.88. The molecule has 1 atom stereocenters. The van der Waals surface area contributed by atoms with Crippen LogP contribution >= 0.6 is 0 Å². The molecule has 1 aromatic heterocycles. The summed E-state index contributed by atoms with van der Waals surface area (Å²) < 4.78 is 0. The molecular weight excluding hydrogens is 210 g/mol. The zero-order valence-corrected chi connectivity index (χ0v) is 10.3. The number of aromatic nitrogens is 1. The Morgan fingerprint density at radius 3 is 3.18 bits per heavy atom. The maximum Gasteiger partial charge on any atom is 0.126 e. The van der Waals surface area contributed by atoms with E-state index in [1.165, 1.54) is 49.9 Å². The third-order valence-electron chi connectivity index (χ3n) is 3.89. The van der Waals surface area contributed by atoms with Gasteiger partial charge in [-0.2, -0.15) is 0 Å². The predicted molar refractivity (Wildman–Crippen MR) is 70.4 cm³/mol. The van der Waals surface area contributed by atoms with E-state index < -0.39 is 0 Å². The lowest BCUT2D eigenvalue weighted by molar-refractivity contribution is 0.574. The fourth-order valence-electron chi connectivity index (χ4n) is 2.90. The Morgan fingerprint density at radius 1 is 1.29 bits per heavy atom. The molecule has 2 heterocycles. The third kappa shape index (κ3) is 2.60. The van der Waals surface area contributed by atoms with Crippen LogP contribution in [0.2, 0.25) is 0 Å². The monoisotopic (exact) mass is 231 g/mol. The van der Waals surface area contributed by atoms with E-state index in [-0.39, 0.29) is 0 Å². The maximum atomic E-state index is 4.69. The number of rotatable bonds is 4. The van der Waals surface area contributed by atoms with Crippen molar-refractivity contribution < 1.29 is 0 Å². The number of nitrogens with zero attached hydrogens (tertiary/aromatic N) is 1. The number of hydrogen-bond donors (Lipinski definition) is 2. The fraction of sp³-hybridized carbons (Fsp3) is 0.643. The number of hydrogen-bond acceptors (Lipinski definition) is 3. The Labute approximate surface area is 103 Å². The Morgan fingerprint density at radius 2 is 2.29 bits per heavy atom. The van der Waals surface area contributed by atoms with Crippen LogP contribution in [0.3, 0.4) is 0 Å². The summed E-state index contributed by atoms with van der Waals surface area (Å²) in [6, 6.07) is 5.09. The van der Waals surface area contributed by atoms with Crippen LogP contribution in [-0.4, -0.2) is 24.1 Å². The highest BCUT2D eigenvalue weighted by molar-refractivity contribution is 5.40. The molecule has 2 aliphatic rings. The van der Waals surface area contributed by atoms with E-state index in [4.69, 9.17) is 0 Å². The standard InChI is InChI=1S/C14H21N3/c1-3-11-6-7-14(17-13(11)5-1)16-10-8-12-4-2-9-15-12/h6-7,12,15H,1-5,8-10H2,(H,16,17)/t12-/m0/s1. The van der Waals surface area contributed by atoms with Crippen molar-refractivity contribution in [3.63, 3.8) is 0 Å². The molecule has 0 aromatic carbocycles. The van der Waals surface area contributed by atoms with Gasteiger partial charge in [-0.1, -0.05) is 6.07 Å². The SMILES string of the molecule is c1cc2c(nc1NCC[C@@H]1CCCN1)CCC2. The van der Waals surface area contributed by atoms with Crippen LogP contribution < -0.4 is 10.6 Å². The molecule has 1 aromatic rings. The van der Waals surface area contributed by atoms with Crippen LogP contribution in [0.15, 0.2) is 12.1 Å². The molecule has 92 valence electrons. The molecule has 0 unspecified atom stereocenters. The van der Waals surface area contributed by atoms with Gasteiger partial charge in [-0.3, -0.25) is 0 Å². The van der Waals surface area contributed by atoms with Crippen molar-refractivity contribution >= 4 is 5.82 Å². The van der Waals surface area contributed by atoms with Gasteiger partial charge >= 0.3 is 0 Å². The highest BCUT2D eigenvalue weighted by Crippen LogP contribution is 2.21. The van der Waals surface area contributed by atoms with E-state index in [2.05, 4.69) is 27.8 Å². The third-order valence-corrected chi connectivity index (χ3v) is 3.89. The average molecular weight is 231 g/mol. The van der Waals surface area contributed by atoms with E-state index in [0.717, 1.165) is 24.8 Å². The second-order valence-corrected chi connectivity index (χ2v) is 5.16. The van der Waals surface area contributed by atoms with E-state index in [1.54, 1.807) is 0 Å². The summed E-state index contributed by atoms with van der Waals surface area (Å²) in [4.78, 5) is 4.69. The molecule has 0 radical (unpaired) electrons. The molecule has 0 saturated carbocycles. The molecule has 1 aliphatic carbocycles. The fourth-order valence-corrected chi connectivity index (χ4v) is 2.90. The Hall–Kier alpha value is -1.09. The summed E-state index contributed by atoms with van der Waals surface area (Å²) in [6.07, 6.45) is 7.53. The second-order valence-electron chi connectivity index (χ2n) is 5.16. The lowest BCUT2D eigenvalue weighted by Gasteiger charge is -2.11. The van der Waals surface area contributed by atoms with E-state index in [0.29, 0.717) is 0 Å². The Bertz CT molecular complexity index is 383. The highest BCUT2D eigenvalue weighted by atomic mass is 15.0. The highest BCUT2D eigenvalue weighted by Gasteiger charge is 2.14. The first kappa shape index (κ1) is 11.0. The van der Waals surface area contributed by atoms with Gasteiger partial charge in [0, 0.05) is 18.3 Å². The van der Waals surface area contributed by atoms with Crippen LogP contribution in [0, 0.1) is 0 Å². The van der Waals surface area contributed by atoms with Crippen LogP contribution in [-0.2, 0) is 12.8 Å². The Kier molecular flexibility index (Phi) is 3.27. The number of pyridine rings is 1. The van der Waals surface area contributed by atoms with Crippen molar-refractivity contribution in [1.29, 1.82) is 0 Å². The van der Waals surface area contributed by atoms with Crippen molar-refractivity contribution in [3.8, 4) is 0 Å². The summed E-state index contributed by atoms with van der Waals surface area (Å²) in [6.45, 7) is 2.23. The minimum atomic E-state index is 0.719. The lowest BCUT2D eigenvalue weighted by atomic mass is 10.1. The average Bonchev–Trinajstić information content (AvgIpc) is 2.98. The number of anilines is 1. The van der Waals surface area contributed by atoms with E-state index in [9.17, 15) is 0 Å². The normalized spacial score (nSPS) is 22.7. The van der Waals surface area contributed by atoms with Crippen LogP contribution in [0.25, 0.3) is 0 Å². The predicted octanol–water partition coefficient (Wildman–Crippen LogP) is 2.12. The quantitative estimate of drug-likeness (QED) is 0.833. The van der Waals surface area contributed by atoms with Crippen LogP contribution in [0.1, 0.15) is 36.9 Å². The molecule has 1 fully saturated rings. The largest absolute Gasteiger partial charge is 0.370 e. The molecule has 2 N–H and O–H groups in total. The van der Waals surface area contributed by atoms with Gasteiger partial charge in [0.2, 0.25) is 0 Å². The minimum Gasteiger partial charge on any atom is -0.370 e. The smallest absolute Gasteiger partial charge is 0.126 e. The lowest BCUT2D eigenvalue weighted by Crippen LogP contribution is -2.24. The van der Waals surface area contributed by atoms with Gasteiger partial charge < -0.3 is 10.6 Å². The van der Waals surface area contributed by atoms with Crippen LogP contribution in [0.4, 0.5) is 5.82 Å². The van der Waals surface area contributed by atoms with Crippen molar-refractivity contribution in [2.75, 3.05) is 18.4 Å². The van der Waals surface area contributed by atoms with Crippen LogP contribution in [0.5, 0.6) is 0 Å². The van der Waals surface area contributed by atoms with Crippen molar-refractivity contribution in [2.45, 2.75) is 44.6 Å². The zero-order chi connectivity index (χ0) is 11.5. The molecule has 1 aliphatic heterocycles. The molecule has 3 rings (SSSR count). The summed E-state index contributed by atoms with van der Waals surface area (Å²) in [5.74, 6) is 1.06. The first-order valence-corrected chi connectivity index (χ1v) is 6.88. The van der Waals surface area contributed by atoms with Crippen molar-refractivity contribution in [3.05, 3.63) is 23.4 Å². The second kappa shape index (κ2) is 5.05. The topological polar surface area (TPSA) is 37.0 Å². The molecule has 3 heteroatoms. The van der Waals surface area contributed by atoms with Gasteiger partial charge in [-0.25, -0.2) is 4.98 Å². The number of nitrogens with one attached hydrogen (secondary N) is 2. The number of fused-ring (bicyclic) bond motifs is 1. The molecular formula is C14H21N3. The molecule has 0 amide bonds. The Balaban J connectivity index is 1.51. The molecule has 3 nitrogen and oxygen atoms in total. The zero-order valence-electron chi connectivity index (χ0n) is 10.3. The van der Waals surface area contributed by atoms with E-state index >= 15 is 0 Å². The maximum absolute atomic E-state index is 4.69. The van der Waals surface area contributed by atoms with Gasteiger partial charge in [0.15, 0.2) is 0 Å².